The molecule has 0 fully saturated rings. The summed E-state index contributed by atoms with van der Waals surface area (Å²) in [7, 11) is 1.64. The quantitative estimate of drug-likeness (QED) is 0.228. The highest BCUT2D eigenvalue weighted by atomic mass is 32.2. The van der Waals surface area contributed by atoms with Crippen LogP contribution in [-0.2, 0) is 9.53 Å². The summed E-state index contributed by atoms with van der Waals surface area (Å²) in [5.41, 5.74) is 3.55. The van der Waals surface area contributed by atoms with E-state index in [9.17, 15) is 9.59 Å². The number of thiazole rings is 1. The van der Waals surface area contributed by atoms with E-state index in [4.69, 9.17) is 14.5 Å². The van der Waals surface area contributed by atoms with E-state index >= 15 is 0 Å². The number of hydrogen-bond donors (Lipinski definition) is 1. The number of nitrogens with zero attached hydrogens (tertiary/aromatic N) is 3. The van der Waals surface area contributed by atoms with Crippen molar-refractivity contribution in [1.29, 1.82) is 0 Å². The van der Waals surface area contributed by atoms with Gasteiger partial charge in [-0.15, -0.1) is 21.5 Å². The number of esters is 1. The third kappa shape index (κ3) is 6.07. The molecule has 0 spiro atoms. The number of carbonyl (C=O) groups is 2. The van der Waals surface area contributed by atoms with Gasteiger partial charge in [-0.05, 0) is 62.4 Å². The number of amides is 1. The van der Waals surface area contributed by atoms with Gasteiger partial charge < -0.3 is 14.8 Å². The van der Waals surface area contributed by atoms with Crippen molar-refractivity contribution in [3.05, 3.63) is 71.9 Å². The number of ether oxygens (including phenoxy) is 2. The van der Waals surface area contributed by atoms with E-state index in [0.717, 1.165) is 32.6 Å². The molecule has 0 aliphatic carbocycles. The van der Waals surface area contributed by atoms with E-state index in [1.165, 1.54) is 23.1 Å². The van der Waals surface area contributed by atoms with Crippen molar-refractivity contribution in [3.63, 3.8) is 0 Å². The second-order valence-electron chi connectivity index (χ2n) is 7.53. The van der Waals surface area contributed by atoms with Crippen LogP contribution >= 0.6 is 23.1 Å². The lowest BCUT2D eigenvalue weighted by Crippen LogP contribution is -2.14. The largest absolute Gasteiger partial charge is 0.496 e. The first-order valence-electron chi connectivity index (χ1n) is 11.1. The van der Waals surface area contributed by atoms with Crippen LogP contribution in [-0.4, -0.2) is 46.5 Å². The van der Waals surface area contributed by atoms with Crippen LogP contribution in [0.15, 0.2) is 65.7 Å². The molecule has 36 heavy (non-hydrogen) atoms. The predicted molar refractivity (Wildman–Crippen MR) is 142 cm³/mol. The average Bonchev–Trinajstić information content (AvgIpc) is 3.29. The average molecular weight is 521 g/mol. The maximum Gasteiger partial charge on any atom is 0.338 e. The summed E-state index contributed by atoms with van der Waals surface area (Å²) in [6, 6.07) is 18.1. The fraction of sp³-hybridized carbons (Fsp3) is 0.192. The molecule has 184 valence electrons. The van der Waals surface area contributed by atoms with Gasteiger partial charge in [0.25, 0.3) is 0 Å². The molecule has 4 aromatic rings. The van der Waals surface area contributed by atoms with Gasteiger partial charge in [0.15, 0.2) is 0 Å². The van der Waals surface area contributed by atoms with Gasteiger partial charge in [-0.2, -0.15) is 0 Å². The summed E-state index contributed by atoms with van der Waals surface area (Å²) in [5, 5.41) is 12.9. The maximum absolute atomic E-state index is 12.3. The minimum Gasteiger partial charge on any atom is -0.496 e. The number of benzene rings is 2. The zero-order valence-corrected chi connectivity index (χ0v) is 21.6. The van der Waals surface area contributed by atoms with Crippen LogP contribution in [0.1, 0.15) is 23.0 Å². The minimum absolute atomic E-state index is 0.172. The topological polar surface area (TPSA) is 103 Å². The van der Waals surface area contributed by atoms with Crippen molar-refractivity contribution in [1.82, 2.24) is 15.2 Å². The summed E-state index contributed by atoms with van der Waals surface area (Å²) < 4.78 is 10.4. The van der Waals surface area contributed by atoms with Crippen molar-refractivity contribution in [2.24, 2.45) is 0 Å². The summed E-state index contributed by atoms with van der Waals surface area (Å²) in [5.74, 6) is 0.362. The van der Waals surface area contributed by atoms with Crippen LogP contribution in [0.25, 0.3) is 21.1 Å². The number of carbonyl (C=O) groups excluding carboxylic acids is 2. The molecule has 0 bridgehead atoms. The van der Waals surface area contributed by atoms with Crippen LogP contribution in [0.3, 0.4) is 0 Å². The number of methoxy groups -OCH3 is 1. The van der Waals surface area contributed by atoms with Crippen molar-refractivity contribution in [2.45, 2.75) is 18.9 Å². The molecule has 0 saturated carbocycles. The molecular weight excluding hydrogens is 496 g/mol. The molecule has 2 heterocycles. The number of hydrogen-bond acceptors (Lipinski definition) is 9. The fourth-order valence-electron chi connectivity index (χ4n) is 3.33. The lowest BCUT2D eigenvalue weighted by Gasteiger charge is -2.06. The Morgan fingerprint density at radius 2 is 1.81 bits per heavy atom. The number of rotatable bonds is 9. The zero-order chi connectivity index (χ0) is 25.5. The van der Waals surface area contributed by atoms with E-state index in [-0.39, 0.29) is 11.7 Å². The van der Waals surface area contributed by atoms with Crippen molar-refractivity contribution in [2.75, 3.05) is 24.8 Å². The minimum atomic E-state index is -0.391. The Hall–Kier alpha value is -3.76. The second kappa shape index (κ2) is 11.8. The first-order valence-corrected chi connectivity index (χ1v) is 12.9. The molecule has 0 atom stereocenters. The van der Waals surface area contributed by atoms with E-state index in [2.05, 4.69) is 15.5 Å². The van der Waals surface area contributed by atoms with E-state index in [0.29, 0.717) is 22.9 Å². The summed E-state index contributed by atoms with van der Waals surface area (Å²) >= 11 is 2.82. The van der Waals surface area contributed by atoms with Crippen LogP contribution in [0.4, 0.5) is 5.69 Å². The highest BCUT2D eigenvalue weighted by molar-refractivity contribution is 7.99. The number of aryl methyl sites for hydroxylation is 1. The third-order valence-corrected chi connectivity index (χ3v) is 7.17. The number of para-hydroxylation sites is 1. The van der Waals surface area contributed by atoms with E-state index in [1.54, 1.807) is 38.3 Å². The number of thioether (sulfide) groups is 1. The SMILES string of the molecule is CCOC(=O)c1ccc(NC(=O)CSc2ccc(-c3sc(-c4ccccc4OC)nc3C)nn2)cc1. The monoisotopic (exact) mass is 520 g/mol. The molecule has 1 N–H and O–H groups in total. The maximum atomic E-state index is 12.3. The Kier molecular flexibility index (Phi) is 8.29. The Morgan fingerprint density at radius 1 is 1.03 bits per heavy atom. The first kappa shape index (κ1) is 25.3. The van der Waals surface area contributed by atoms with Gasteiger partial charge in [0.2, 0.25) is 5.91 Å². The molecule has 8 nitrogen and oxygen atoms in total. The third-order valence-electron chi connectivity index (χ3n) is 5.04. The lowest BCUT2D eigenvalue weighted by molar-refractivity contribution is -0.113. The van der Waals surface area contributed by atoms with E-state index in [1.807, 2.05) is 43.3 Å². The Labute approximate surface area is 217 Å². The fourth-order valence-corrected chi connectivity index (χ4v) is 5.00. The van der Waals surface area contributed by atoms with Gasteiger partial charge in [-0.25, -0.2) is 9.78 Å². The summed E-state index contributed by atoms with van der Waals surface area (Å²) in [6.45, 7) is 4.01. The van der Waals surface area contributed by atoms with Gasteiger partial charge >= 0.3 is 5.97 Å². The zero-order valence-electron chi connectivity index (χ0n) is 20.0. The molecule has 2 aromatic carbocycles. The molecular formula is C26H24N4O4S2. The number of nitrogens with one attached hydrogen (secondary N) is 1. The normalized spacial score (nSPS) is 10.6. The Morgan fingerprint density at radius 3 is 2.50 bits per heavy atom. The van der Waals surface area contributed by atoms with Crippen LogP contribution < -0.4 is 10.1 Å². The first-order chi connectivity index (χ1) is 17.5. The van der Waals surface area contributed by atoms with Crippen molar-refractivity contribution < 1.29 is 19.1 Å². The van der Waals surface area contributed by atoms with Gasteiger partial charge in [0.1, 0.15) is 21.5 Å². The lowest BCUT2D eigenvalue weighted by atomic mass is 10.2. The molecule has 0 unspecified atom stereocenters. The Balaban J connectivity index is 1.36. The van der Waals surface area contributed by atoms with Crippen LogP contribution in [0, 0.1) is 6.92 Å². The van der Waals surface area contributed by atoms with Crippen LogP contribution in [0.2, 0.25) is 0 Å². The summed E-state index contributed by atoms with van der Waals surface area (Å²) in [4.78, 5) is 29.7. The molecule has 2 aromatic heterocycles. The second-order valence-corrected chi connectivity index (χ2v) is 9.52. The molecule has 10 heteroatoms. The standard InChI is InChI=1S/C26H24N4O4S2/c1-4-34-26(32)17-9-11-18(12-10-17)28-22(31)15-35-23-14-13-20(29-30-23)24-16(2)27-25(36-24)19-7-5-6-8-21(19)33-3/h5-14H,4,15H2,1-3H3,(H,28,31). The predicted octanol–water partition coefficient (Wildman–Crippen LogP) is 5.49. The van der Waals surface area contributed by atoms with Crippen LogP contribution in [0.5, 0.6) is 5.75 Å². The molecule has 0 radical (unpaired) electrons. The Bertz CT molecular complexity index is 1360. The van der Waals surface area contributed by atoms with Gasteiger partial charge in [0.05, 0.1) is 41.2 Å². The molecule has 4 rings (SSSR count). The highest BCUT2D eigenvalue weighted by Gasteiger charge is 2.16. The van der Waals surface area contributed by atoms with Gasteiger partial charge in [0, 0.05) is 5.69 Å². The smallest absolute Gasteiger partial charge is 0.338 e. The van der Waals surface area contributed by atoms with Crippen molar-refractivity contribution in [3.8, 4) is 26.9 Å². The molecule has 0 saturated heterocycles. The van der Waals surface area contributed by atoms with E-state index < -0.39 is 5.97 Å². The van der Waals surface area contributed by atoms with Crippen molar-refractivity contribution >= 4 is 40.7 Å². The molecule has 1 amide bonds. The number of aromatic nitrogens is 3. The van der Waals surface area contributed by atoms with Gasteiger partial charge in [-0.3, -0.25) is 4.79 Å². The number of anilines is 1. The molecule has 0 aliphatic rings. The summed E-state index contributed by atoms with van der Waals surface area (Å²) in [6.07, 6.45) is 0. The highest BCUT2D eigenvalue weighted by Crippen LogP contribution is 2.38. The van der Waals surface area contributed by atoms with Gasteiger partial charge in [-0.1, -0.05) is 23.9 Å². The molecule has 0 aliphatic heterocycles.